The first-order valence-electron chi connectivity index (χ1n) is 6.54. The first-order chi connectivity index (χ1) is 9.90. The summed E-state index contributed by atoms with van der Waals surface area (Å²) in [6.45, 7) is 3.50. The van der Waals surface area contributed by atoms with E-state index in [0.29, 0.717) is 26.3 Å². The molecule has 8 heteroatoms. The van der Waals surface area contributed by atoms with Crippen molar-refractivity contribution in [3.05, 3.63) is 28.7 Å². The Hall–Kier alpha value is -0.960. The van der Waals surface area contributed by atoms with Crippen LogP contribution in [-0.4, -0.2) is 51.6 Å². The van der Waals surface area contributed by atoms with Crippen molar-refractivity contribution in [1.29, 1.82) is 0 Å². The molecule has 1 amide bonds. The van der Waals surface area contributed by atoms with Crippen LogP contribution in [0.5, 0.6) is 0 Å². The molecule has 0 spiro atoms. The Labute approximate surface area is 132 Å². The number of hydrogen-bond donors (Lipinski definition) is 1. The number of halogens is 1. The molecule has 116 valence electrons. The molecule has 1 saturated heterocycles. The molecule has 1 aliphatic rings. The molecule has 1 heterocycles. The summed E-state index contributed by atoms with van der Waals surface area (Å²) in [5.41, 5.74) is 0. The van der Waals surface area contributed by atoms with Gasteiger partial charge in [0.15, 0.2) is 0 Å². The molecular weight excluding hydrogens is 360 g/mol. The number of carbonyl (C=O) groups is 1. The van der Waals surface area contributed by atoms with Gasteiger partial charge in [-0.3, -0.25) is 4.79 Å². The molecule has 1 unspecified atom stereocenters. The quantitative estimate of drug-likeness (QED) is 0.849. The average Bonchev–Trinajstić information content (AvgIpc) is 2.47. The van der Waals surface area contributed by atoms with Crippen LogP contribution < -0.4 is 4.72 Å². The highest BCUT2D eigenvalue weighted by Crippen LogP contribution is 2.15. The van der Waals surface area contributed by atoms with Crippen molar-refractivity contribution in [2.75, 3.05) is 26.3 Å². The van der Waals surface area contributed by atoms with E-state index in [1.54, 1.807) is 24.0 Å². The molecule has 1 N–H and O–H groups in total. The van der Waals surface area contributed by atoms with E-state index in [-0.39, 0.29) is 10.8 Å². The van der Waals surface area contributed by atoms with Crippen LogP contribution >= 0.6 is 15.9 Å². The van der Waals surface area contributed by atoms with Gasteiger partial charge in [-0.2, -0.15) is 4.72 Å². The summed E-state index contributed by atoms with van der Waals surface area (Å²) in [6.07, 6.45) is 0. The monoisotopic (exact) mass is 376 g/mol. The number of morpholine rings is 1. The normalized spacial score (nSPS) is 17.5. The van der Waals surface area contributed by atoms with Crippen LogP contribution in [0.2, 0.25) is 0 Å². The third kappa shape index (κ3) is 4.26. The third-order valence-electron chi connectivity index (χ3n) is 3.15. The summed E-state index contributed by atoms with van der Waals surface area (Å²) in [6, 6.07) is 5.44. The fourth-order valence-electron chi connectivity index (χ4n) is 2.02. The number of ether oxygens (including phenoxy) is 1. The summed E-state index contributed by atoms with van der Waals surface area (Å²) in [5, 5.41) is 0. The summed E-state index contributed by atoms with van der Waals surface area (Å²) in [5.74, 6) is -0.237. The summed E-state index contributed by atoms with van der Waals surface area (Å²) in [7, 11) is -3.71. The molecule has 1 fully saturated rings. The molecular formula is C13H17BrN2O4S. The number of sulfonamides is 1. The zero-order chi connectivity index (χ0) is 15.5. The van der Waals surface area contributed by atoms with Gasteiger partial charge in [-0.25, -0.2) is 8.42 Å². The van der Waals surface area contributed by atoms with Gasteiger partial charge in [0.2, 0.25) is 15.9 Å². The average molecular weight is 377 g/mol. The number of hydrogen-bond acceptors (Lipinski definition) is 4. The van der Waals surface area contributed by atoms with E-state index < -0.39 is 16.1 Å². The van der Waals surface area contributed by atoms with Gasteiger partial charge in [0.25, 0.3) is 0 Å². The second-order valence-electron chi connectivity index (χ2n) is 4.73. The van der Waals surface area contributed by atoms with Crippen molar-refractivity contribution in [1.82, 2.24) is 9.62 Å². The molecule has 2 rings (SSSR count). The zero-order valence-corrected chi connectivity index (χ0v) is 14.0. The molecule has 1 aromatic rings. The van der Waals surface area contributed by atoms with Gasteiger partial charge in [0, 0.05) is 17.6 Å². The zero-order valence-electron chi connectivity index (χ0n) is 11.6. The van der Waals surface area contributed by atoms with Crippen LogP contribution in [0.25, 0.3) is 0 Å². The Morgan fingerprint density at radius 3 is 2.43 bits per heavy atom. The molecule has 1 aliphatic heterocycles. The molecule has 1 aromatic carbocycles. The van der Waals surface area contributed by atoms with E-state index >= 15 is 0 Å². The van der Waals surface area contributed by atoms with Gasteiger partial charge < -0.3 is 9.64 Å². The SMILES string of the molecule is CC(NS(=O)(=O)c1ccc(Br)cc1)C(=O)N1CCOCC1. The molecule has 0 aliphatic carbocycles. The number of carbonyl (C=O) groups excluding carboxylic acids is 1. The summed E-state index contributed by atoms with van der Waals surface area (Å²) < 4.78 is 32.8. The second-order valence-corrected chi connectivity index (χ2v) is 7.36. The minimum Gasteiger partial charge on any atom is -0.378 e. The van der Waals surface area contributed by atoms with Crippen molar-refractivity contribution in [3.63, 3.8) is 0 Å². The minimum absolute atomic E-state index is 0.132. The van der Waals surface area contributed by atoms with Crippen LogP contribution in [0.4, 0.5) is 0 Å². The van der Waals surface area contributed by atoms with Crippen molar-refractivity contribution >= 4 is 31.9 Å². The van der Waals surface area contributed by atoms with Gasteiger partial charge >= 0.3 is 0 Å². The lowest BCUT2D eigenvalue weighted by Gasteiger charge is -2.29. The van der Waals surface area contributed by atoms with Crippen LogP contribution in [0, 0.1) is 0 Å². The number of amides is 1. The highest BCUT2D eigenvalue weighted by Gasteiger charge is 2.26. The van der Waals surface area contributed by atoms with Gasteiger partial charge in [-0.1, -0.05) is 15.9 Å². The maximum absolute atomic E-state index is 12.2. The van der Waals surface area contributed by atoms with E-state index in [1.165, 1.54) is 12.1 Å². The van der Waals surface area contributed by atoms with Gasteiger partial charge in [-0.05, 0) is 31.2 Å². The Kier molecular flexibility index (Phi) is 5.37. The number of nitrogens with one attached hydrogen (secondary N) is 1. The third-order valence-corrected chi connectivity index (χ3v) is 5.23. The topological polar surface area (TPSA) is 75.7 Å². The molecule has 0 saturated carbocycles. The Bertz CT molecular complexity index is 597. The van der Waals surface area contributed by atoms with Gasteiger partial charge in [-0.15, -0.1) is 0 Å². The lowest BCUT2D eigenvalue weighted by molar-refractivity contribution is -0.136. The molecule has 0 aromatic heterocycles. The van der Waals surface area contributed by atoms with Crippen molar-refractivity contribution in [3.8, 4) is 0 Å². The second kappa shape index (κ2) is 6.87. The van der Waals surface area contributed by atoms with E-state index in [4.69, 9.17) is 4.74 Å². The summed E-state index contributed by atoms with van der Waals surface area (Å²) >= 11 is 3.25. The van der Waals surface area contributed by atoms with Crippen LogP contribution in [0.1, 0.15) is 6.92 Å². The van der Waals surface area contributed by atoms with Crippen molar-refractivity contribution in [2.45, 2.75) is 17.9 Å². The number of nitrogens with zero attached hydrogens (tertiary/aromatic N) is 1. The van der Waals surface area contributed by atoms with Gasteiger partial charge in [0.05, 0.1) is 24.2 Å². The fourth-order valence-corrected chi connectivity index (χ4v) is 3.48. The standard InChI is InChI=1S/C13H17BrN2O4S/c1-10(13(17)16-6-8-20-9-7-16)15-21(18,19)12-4-2-11(14)3-5-12/h2-5,10,15H,6-9H2,1H3. The number of rotatable bonds is 4. The molecule has 1 atom stereocenters. The summed E-state index contributed by atoms with van der Waals surface area (Å²) in [4.78, 5) is 13.9. The van der Waals surface area contributed by atoms with Crippen molar-refractivity contribution < 1.29 is 17.9 Å². The van der Waals surface area contributed by atoms with Crippen LogP contribution in [0.3, 0.4) is 0 Å². The maximum Gasteiger partial charge on any atom is 0.241 e. The van der Waals surface area contributed by atoms with Crippen LogP contribution in [0.15, 0.2) is 33.6 Å². The van der Waals surface area contributed by atoms with E-state index in [0.717, 1.165) is 4.47 Å². The van der Waals surface area contributed by atoms with Gasteiger partial charge in [0.1, 0.15) is 0 Å². The maximum atomic E-state index is 12.2. The highest BCUT2D eigenvalue weighted by atomic mass is 79.9. The fraction of sp³-hybridized carbons (Fsp3) is 0.462. The molecule has 6 nitrogen and oxygen atoms in total. The lowest BCUT2D eigenvalue weighted by Crippen LogP contribution is -2.50. The molecule has 21 heavy (non-hydrogen) atoms. The van der Waals surface area contributed by atoms with E-state index in [2.05, 4.69) is 20.7 Å². The predicted molar refractivity (Wildman–Crippen MR) is 81.3 cm³/mol. The Morgan fingerprint density at radius 1 is 1.29 bits per heavy atom. The predicted octanol–water partition coefficient (Wildman–Crippen LogP) is 0.975. The van der Waals surface area contributed by atoms with E-state index in [1.807, 2.05) is 0 Å². The first kappa shape index (κ1) is 16.4. The largest absolute Gasteiger partial charge is 0.378 e. The Morgan fingerprint density at radius 2 is 1.86 bits per heavy atom. The van der Waals surface area contributed by atoms with Crippen molar-refractivity contribution in [2.24, 2.45) is 0 Å². The van der Waals surface area contributed by atoms with E-state index in [9.17, 15) is 13.2 Å². The highest BCUT2D eigenvalue weighted by molar-refractivity contribution is 9.10. The first-order valence-corrected chi connectivity index (χ1v) is 8.82. The number of benzene rings is 1. The molecule has 0 bridgehead atoms. The Balaban J connectivity index is 2.05. The lowest BCUT2D eigenvalue weighted by atomic mass is 10.3. The molecule has 0 radical (unpaired) electrons. The van der Waals surface area contributed by atoms with Crippen LogP contribution in [-0.2, 0) is 19.6 Å². The smallest absolute Gasteiger partial charge is 0.241 e. The minimum atomic E-state index is -3.71.